The molecule has 3 rings (SSSR count). The maximum atomic E-state index is 13.0. The van der Waals surface area contributed by atoms with Gasteiger partial charge in [0.1, 0.15) is 24.4 Å². The van der Waals surface area contributed by atoms with Gasteiger partial charge in [0, 0.05) is 26.1 Å². The van der Waals surface area contributed by atoms with Gasteiger partial charge in [0.25, 0.3) is 0 Å². The molecule has 5 heteroatoms. The van der Waals surface area contributed by atoms with E-state index in [1.54, 1.807) is 18.2 Å². The Morgan fingerprint density at radius 1 is 1.35 bits per heavy atom. The zero-order valence-corrected chi connectivity index (χ0v) is 12.8. The number of nitrogens with zero attached hydrogens (tertiary/aromatic N) is 1. The molecule has 0 aliphatic carbocycles. The van der Waals surface area contributed by atoms with E-state index in [-0.39, 0.29) is 23.6 Å². The van der Waals surface area contributed by atoms with Crippen LogP contribution in [0.5, 0.6) is 5.75 Å². The topological polar surface area (TPSA) is 42.7 Å². The molecule has 0 bridgehead atoms. The van der Waals surface area contributed by atoms with E-state index in [4.69, 9.17) is 9.15 Å². The quantitative estimate of drug-likeness (QED) is 0.796. The number of hydrogen-bond donors (Lipinski definition) is 0. The summed E-state index contributed by atoms with van der Waals surface area (Å²) in [5.41, 5.74) is 1.52. The lowest BCUT2D eigenvalue weighted by molar-refractivity contribution is 0.223. The van der Waals surface area contributed by atoms with Gasteiger partial charge in [-0.25, -0.2) is 4.39 Å². The molecule has 0 saturated carbocycles. The number of halogens is 1. The van der Waals surface area contributed by atoms with Crippen LogP contribution in [0.25, 0.3) is 0 Å². The number of fused-ring (bicyclic) bond motifs is 1. The van der Waals surface area contributed by atoms with Crippen molar-refractivity contribution in [3.63, 3.8) is 0 Å². The summed E-state index contributed by atoms with van der Waals surface area (Å²) in [6, 6.07) is 6.42. The van der Waals surface area contributed by atoms with Gasteiger partial charge in [-0.05, 0) is 17.7 Å². The average molecular weight is 315 g/mol. The van der Waals surface area contributed by atoms with Crippen LogP contribution in [0.3, 0.4) is 0 Å². The average Bonchev–Trinajstić information content (AvgIpc) is 2.57. The smallest absolute Gasteiger partial charge is 0.231 e. The van der Waals surface area contributed by atoms with Crippen LogP contribution in [0, 0.1) is 5.82 Å². The molecule has 0 saturated heterocycles. The maximum Gasteiger partial charge on any atom is 0.231 e. The SMILES string of the molecule is C=CCOc1coc2c(c1=O)CN(Cc1ccc(F)cc1)CC2. The summed E-state index contributed by atoms with van der Waals surface area (Å²) in [6.45, 7) is 5.79. The molecule has 120 valence electrons. The molecule has 2 heterocycles. The van der Waals surface area contributed by atoms with Crippen LogP contribution < -0.4 is 10.2 Å². The van der Waals surface area contributed by atoms with E-state index in [1.807, 2.05) is 0 Å². The van der Waals surface area contributed by atoms with Gasteiger partial charge in [-0.2, -0.15) is 0 Å². The van der Waals surface area contributed by atoms with E-state index in [2.05, 4.69) is 11.5 Å². The fraction of sp³-hybridized carbons (Fsp3) is 0.278. The molecule has 0 radical (unpaired) electrons. The van der Waals surface area contributed by atoms with Crippen molar-refractivity contribution >= 4 is 0 Å². The van der Waals surface area contributed by atoms with Crippen molar-refractivity contribution in [2.24, 2.45) is 0 Å². The molecular weight excluding hydrogens is 297 g/mol. The Bertz CT molecular complexity index is 752. The molecule has 0 amide bonds. The second kappa shape index (κ2) is 6.79. The zero-order valence-electron chi connectivity index (χ0n) is 12.8. The van der Waals surface area contributed by atoms with E-state index in [1.165, 1.54) is 18.4 Å². The van der Waals surface area contributed by atoms with Crippen molar-refractivity contribution in [1.29, 1.82) is 0 Å². The summed E-state index contributed by atoms with van der Waals surface area (Å²) >= 11 is 0. The summed E-state index contributed by atoms with van der Waals surface area (Å²) in [6.07, 6.45) is 3.63. The molecule has 23 heavy (non-hydrogen) atoms. The van der Waals surface area contributed by atoms with Gasteiger partial charge in [0.15, 0.2) is 0 Å². The molecular formula is C18H18FNO3. The lowest BCUT2D eigenvalue weighted by Crippen LogP contribution is -2.33. The molecule has 4 nitrogen and oxygen atoms in total. The predicted octanol–water partition coefficient (Wildman–Crippen LogP) is 2.90. The minimum absolute atomic E-state index is 0.128. The summed E-state index contributed by atoms with van der Waals surface area (Å²) in [5.74, 6) is 0.686. The van der Waals surface area contributed by atoms with E-state index < -0.39 is 0 Å². The normalized spacial score (nSPS) is 14.3. The molecule has 1 aliphatic rings. The molecule has 0 N–H and O–H groups in total. The highest BCUT2D eigenvalue weighted by Crippen LogP contribution is 2.20. The first-order valence-corrected chi connectivity index (χ1v) is 7.51. The minimum Gasteiger partial charge on any atom is -0.482 e. The van der Waals surface area contributed by atoms with Gasteiger partial charge in [-0.15, -0.1) is 0 Å². The highest BCUT2D eigenvalue weighted by atomic mass is 19.1. The van der Waals surface area contributed by atoms with Gasteiger partial charge in [0.05, 0.1) is 5.56 Å². The molecule has 0 fully saturated rings. The van der Waals surface area contributed by atoms with Gasteiger partial charge in [-0.3, -0.25) is 9.69 Å². The minimum atomic E-state index is -0.248. The molecule has 0 spiro atoms. The Kier molecular flexibility index (Phi) is 4.57. The highest BCUT2D eigenvalue weighted by Gasteiger charge is 2.23. The molecule has 1 aliphatic heterocycles. The second-order valence-corrected chi connectivity index (χ2v) is 5.52. The Balaban J connectivity index is 1.77. The standard InChI is InChI=1S/C18H18FNO3/c1-2-9-22-17-12-23-16-7-8-20(11-15(16)18(17)21)10-13-3-5-14(19)6-4-13/h2-6,12H,1,7-11H2. The van der Waals surface area contributed by atoms with E-state index in [0.29, 0.717) is 25.1 Å². The molecule has 1 aromatic heterocycles. The fourth-order valence-corrected chi connectivity index (χ4v) is 2.69. The van der Waals surface area contributed by atoms with E-state index >= 15 is 0 Å². The lowest BCUT2D eigenvalue weighted by atomic mass is 10.1. The first-order valence-electron chi connectivity index (χ1n) is 7.51. The van der Waals surface area contributed by atoms with Crippen molar-refractivity contribution in [2.45, 2.75) is 19.5 Å². The molecule has 0 unspecified atom stereocenters. The third-order valence-corrected chi connectivity index (χ3v) is 3.86. The van der Waals surface area contributed by atoms with Crippen LogP contribution in [0.15, 0.2) is 52.4 Å². The molecule has 1 aromatic carbocycles. The fourth-order valence-electron chi connectivity index (χ4n) is 2.69. The van der Waals surface area contributed by atoms with Crippen LogP contribution in [0.2, 0.25) is 0 Å². The Hall–Kier alpha value is -2.40. The third kappa shape index (κ3) is 3.51. The van der Waals surface area contributed by atoms with Crippen LogP contribution in [-0.2, 0) is 19.5 Å². The Morgan fingerprint density at radius 2 is 2.13 bits per heavy atom. The van der Waals surface area contributed by atoms with Gasteiger partial charge < -0.3 is 9.15 Å². The maximum absolute atomic E-state index is 13.0. The summed E-state index contributed by atoms with van der Waals surface area (Å²) in [4.78, 5) is 14.6. The zero-order chi connectivity index (χ0) is 16.2. The van der Waals surface area contributed by atoms with Gasteiger partial charge in [0.2, 0.25) is 11.2 Å². The van der Waals surface area contributed by atoms with Crippen molar-refractivity contribution in [3.05, 3.63) is 76.1 Å². The summed E-state index contributed by atoms with van der Waals surface area (Å²) in [5, 5.41) is 0. The third-order valence-electron chi connectivity index (χ3n) is 3.86. The van der Waals surface area contributed by atoms with Gasteiger partial charge >= 0.3 is 0 Å². The highest BCUT2D eigenvalue weighted by molar-refractivity contribution is 5.29. The summed E-state index contributed by atoms with van der Waals surface area (Å²) < 4.78 is 23.8. The van der Waals surface area contributed by atoms with Gasteiger partial charge in [-0.1, -0.05) is 24.8 Å². The van der Waals surface area contributed by atoms with E-state index in [9.17, 15) is 9.18 Å². The van der Waals surface area contributed by atoms with Crippen LogP contribution in [0.4, 0.5) is 4.39 Å². The van der Waals surface area contributed by atoms with Crippen molar-refractivity contribution < 1.29 is 13.5 Å². The Morgan fingerprint density at radius 3 is 2.87 bits per heavy atom. The van der Waals surface area contributed by atoms with Crippen LogP contribution in [0.1, 0.15) is 16.9 Å². The first kappa shape index (κ1) is 15.5. The van der Waals surface area contributed by atoms with Crippen LogP contribution >= 0.6 is 0 Å². The lowest BCUT2D eigenvalue weighted by Gasteiger charge is -2.27. The Labute approximate surface area is 133 Å². The largest absolute Gasteiger partial charge is 0.482 e. The predicted molar refractivity (Wildman–Crippen MR) is 84.9 cm³/mol. The van der Waals surface area contributed by atoms with Crippen molar-refractivity contribution in [3.8, 4) is 5.75 Å². The van der Waals surface area contributed by atoms with E-state index in [0.717, 1.165) is 17.9 Å². The van der Waals surface area contributed by atoms with Crippen molar-refractivity contribution in [1.82, 2.24) is 4.90 Å². The molecule has 0 atom stereocenters. The number of benzene rings is 1. The number of ether oxygens (including phenoxy) is 1. The molecule has 2 aromatic rings. The number of rotatable bonds is 5. The summed E-state index contributed by atoms with van der Waals surface area (Å²) in [7, 11) is 0. The first-order chi connectivity index (χ1) is 11.2. The number of hydrogen-bond acceptors (Lipinski definition) is 4. The monoisotopic (exact) mass is 315 g/mol. The van der Waals surface area contributed by atoms with Crippen LogP contribution in [-0.4, -0.2) is 18.1 Å². The van der Waals surface area contributed by atoms with Crippen molar-refractivity contribution in [2.75, 3.05) is 13.2 Å². The second-order valence-electron chi connectivity index (χ2n) is 5.52.